The molecule has 1 saturated heterocycles. The number of rotatable bonds is 5. The first-order valence-electron chi connectivity index (χ1n) is 8.92. The Kier molecular flexibility index (Phi) is 7.07. The molecule has 1 aliphatic heterocycles. The van der Waals surface area contributed by atoms with Crippen LogP contribution in [0.5, 0.6) is 0 Å². The lowest BCUT2D eigenvalue weighted by Gasteiger charge is -2.26. The van der Waals surface area contributed by atoms with Gasteiger partial charge in [0.15, 0.2) is 5.11 Å². The Morgan fingerprint density at radius 3 is 2.66 bits per heavy atom. The van der Waals surface area contributed by atoms with Gasteiger partial charge in [-0.25, -0.2) is 12.8 Å². The van der Waals surface area contributed by atoms with Crippen molar-refractivity contribution in [2.24, 2.45) is 0 Å². The molecule has 0 atom stereocenters. The molecule has 1 heterocycles. The third-order valence-electron chi connectivity index (χ3n) is 4.50. The van der Waals surface area contributed by atoms with E-state index in [0.29, 0.717) is 42.6 Å². The van der Waals surface area contributed by atoms with Crippen LogP contribution in [0.4, 0.5) is 10.1 Å². The van der Waals surface area contributed by atoms with Crippen molar-refractivity contribution in [1.29, 1.82) is 0 Å². The van der Waals surface area contributed by atoms with Gasteiger partial charge in [-0.2, -0.15) is 4.31 Å². The van der Waals surface area contributed by atoms with Gasteiger partial charge in [-0.3, -0.25) is 0 Å². The van der Waals surface area contributed by atoms with E-state index in [4.69, 9.17) is 28.6 Å². The molecule has 1 aliphatic rings. The molecule has 0 bridgehead atoms. The minimum absolute atomic E-state index is 0.117. The van der Waals surface area contributed by atoms with Gasteiger partial charge in [0, 0.05) is 32.2 Å². The van der Waals surface area contributed by atoms with Crippen molar-refractivity contribution in [2.45, 2.75) is 11.4 Å². The lowest BCUT2D eigenvalue weighted by molar-refractivity contribution is 0.0730. The summed E-state index contributed by atoms with van der Waals surface area (Å²) in [5.41, 5.74) is 0.861. The highest BCUT2D eigenvalue weighted by atomic mass is 35.5. The quantitative estimate of drug-likeness (QED) is 0.695. The molecule has 2 aromatic carbocycles. The zero-order valence-electron chi connectivity index (χ0n) is 15.8. The van der Waals surface area contributed by atoms with Crippen molar-refractivity contribution in [1.82, 2.24) is 9.21 Å². The van der Waals surface area contributed by atoms with Gasteiger partial charge in [0.25, 0.3) is 0 Å². The van der Waals surface area contributed by atoms with Gasteiger partial charge in [-0.1, -0.05) is 29.8 Å². The van der Waals surface area contributed by atoms with E-state index in [1.54, 1.807) is 30.1 Å². The molecule has 1 fully saturated rings. The van der Waals surface area contributed by atoms with Crippen LogP contribution in [-0.2, 0) is 21.3 Å². The van der Waals surface area contributed by atoms with Gasteiger partial charge >= 0.3 is 0 Å². The topological polar surface area (TPSA) is 61.9 Å². The van der Waals surface area contributed by atoms with Crippen molar-refractivity contribution in [2.75, 3.05) is 38.7 Å². The predicted octanol–water partition coefficient (Wildman–Crippen LogP) is 3.33. The van der Waals surface area contributed by atoms with E-state index in [2.05, 4.69) is 5.32 Å². The van der Waals surface area contributed by atoms with E-state index in [-0.39, 0.29) is 22.4 Å². The summed E-state index contributed by atoms with van der Waals surface area (Å²) in [7, 11) is -1.95. The Labute approximate surface area is 180 Å². The summed E-state index contributed by atoms with van der Waals surface area (Å²) in [6.45, 7) is 1.59. The summed E-state index contributed by atoms with van der Waals surface area (Å²) in [6.07, 6.45) is 0. The lowest BCUT2D eigenvalue weighted by atomic mass is 10.2. The van der Waals surface area contributed by atoms with Gasteiger partial charge in [0.1, 0.15) is 5.82 Å². The zero-order chi connectivity index (χ0) is 21.0. The molecule has 0 aliphatic carbocycles. The number of hydrogen-bond acceptors (Lipinski definition) is 4. The Hall–Kier alpha value is -1.78. The number of sulfonamides is 1. The van der Waals surface area contributed by atoms with Crippen LogP contribution in [0.25, 0.3) is 0 Å². The number of anilines is 1. The molecule has 6 nitrogen and oxygen atoms in total. The minimum atomic E-state index is -3.66. The van der Waals surface area contributed by atoms with Crippen molar-refractivity contribution >= 4 is 44.6 Å². The maximum Gasteiger partial charge on any atom is 0.243 e. The van der Waals surface area contributed by atoms with Crippen LogP contribution in [0, 0.1) is 5.82 Å². The van der Waals surface area contributed by atoms with Crippen molar-refractivity contribution in [3.63, 3.8) is 0 Å². The monoisotopic (exact) mass is 457 g/mol. The van der Waals surface area contributed by atoms with Gasteiger partial charge in [0.05, 0.1) is 28.8 Å². The third kappa shape index (κ3) is 5.23. The van der Waals surface area contributed by atoms with Gasteiger partial charge in [-0.05, 0) is 36.5 Å². The van der Waals surface area contributed by atoms with Gasteiger partial charge in [0.2, 0.25) is 10.0 Å². The average Bonchev–Trinajstić information content (AvgIpc) is 2.71. The highest BCUT2D eigenvalue weighted by Gasteiger charge is 2.27. The molecule has 3 rings (SSSR count). The van der Waals surface area contributed by atoms with Crippen LogP contribution in [-0.4, -0.2) is 56.1 Å². The highest BCUT2D eigenvalue weighted by Crippen LogP contribution is 2.27. The van der Waals surface area contributed by atoms with Crippen LogP contribution in [0.3, 0.4) is 0 Å². The number of hydrogen-bond donors (Lipinski definition) is 1. The Bertz CT molecular complexity index is 998. The van der Waals surface area contributed by atoms with Crippen molar-refractivity contribution in [3.05, 3.63) is 58.9 Å². The number of ether oxygens (including phenoxy) is 1. The Balaban J connectivity index is 1.76. The van der Waals surface area contributed by atoms with E-state index >= 15 is 0 Å². The van der Waals surface area contributed by atoms with E-state index in [1.165, 1.54) is 28.6 Å². The molecule has 29 heavy (non-hydrogen) atoms. The van der Waals surface area contributed by atoms with E-state index in [1.807, 2.05) is 0 Å². The summed E-state index contributed by atoms with van der Waals surface area (Å²) in [5, 5.41) is 3.57. The molecular formula is C19H21ClFN3O3S2. The van der Waals surface area contributed by atoms with Crippen LogP contribution in [0.15, 0.2) is 47.4 Å². The number of halogens is 2. The second-order valence-corrected chi connectivity index (χ2v) is 9.27. The van der Waals surface area contributed by atoms with Crippen LogP contribution < -0.4 is 5.32 Å². The predicted molar refractivity (Wildman–Crippen MR) is 115 cm³/mol. The average molecular weight is 458 g/mol. The molecule has 1 N–H and O–H groups in total. The molecular weight excluding hydrogens is 437 g/mol. The molecule has 0 unspecified atom stereocenters. The second kappa shape index (κ2) is 9.36. The maximum atomic E-state index is 13.9. The van der Waals surface area contributed by atoms with Crippen LogP contribution >= 0.6 is 23.8 Å². The van der Waals surface area contributed by atoms with Crippen molar-refractivity contribution < 1.29 is 17.5 Å². The summed E-state index contributed by atoms with van der Waals surface area (Å²) < 4.78 is 46.2. The number of thiocarbonyl (C=S) groups is 1. The first-order valence-corrected chi connectivity index (χ1v) is 11.1. The van der Waals surface area contributed by atoms with E-state index < -0.39 is 10.0 Å². The van der Waals surface area contributed by atoms with E-state index in [9.17, 15) is 12.8 Å². The molecule has 2 aromatic rings. The molecule has 10 heteroatoms. The normalized spacial score (nSPS) is 15.1. The minimum Gasteiger partial charge on any atom is -0.379 e. The zero-order valence-corrected chi connectivity index (χ0v) is 18.2. The fourth-order valence-corrected chi connectivity index (χ4v) is 4.64. The Morgan fingerprint density at radius 1 is 1.28 bits per heavy atom. The standard InChI is InChI=1S/C19H21ClFN3O3S2/c1-23(13-14-4-2-3-5-17(14)21)19(28)22-18-12-15(6-7-16(18)20)29(25,26)24-8-10-27-11-9-24/h2-7,12H,8-11,13H2,1H3,(H,22,28). The summed E-state index contributed by atoms with van der Waals surface area (Å²) in [5.74, 6) is -0.321. The SMILES string of the molecule is CN(Cc1ccccc1F)C(=S)Nc1cc(S(=O)(=O)N2CCOCC2)ccc1Cl. The molecule has 0 amide bonds. The number of morpholine rings is 1. The summed E-state index contributed by atoms with van der Waals surface area (Å²) in [6, 6.07) is 10.9. The van der Waals surface area contributed by atoms with Crippen molar-refractivity contribution in [3.8, 4) is 0 Å². The first kappa shape index (κ1) is 21.9. The molecule has 0 saturated carbocycles. The fourth-order valence-electron chi connectivity index (χ4n) is 2.86. The number of nitrogens with one attached hydrogen (secondary N) is 1. The highest BCUT2D eigenvalue weighted by molar-refractivity contribution is 7.89. The van der Waals surface area contributed by atoms with Crippen LogP contribution in [0.1, 0.15) is 5.56 Å². The van der Waals surface area contributed by atoms with E-state index in [0.717, 1.165) is 0 Å². The lowest BCUT2D eigenvalue weighted by Crippen LogP contribution is -2.40. The number of nitrogens with zero attached hydrogens (tertiary/aromatic N) is 2. The largest absolute Gasteiger partial charge is 0.379 e. The number of benzene rings is 2. The fraction of sp³-hybridized carbons (Fsp3) is 0.316. The molecule has 0 spiro atoms. The van der Waals surface area contributed by atoms with Gasteiger partial charge in [-0.15, -0.1) is 0 Å². The summed E-state index contributed by atoms with van der Waals surface area (Å²) >= 11 is 11.6. The summed E-state index contributed by atoms with van der Waals surface area (Å²) in [4.78, 5) is 1.76. The molecule has 156 valence electrons. The molecule has 0 radical (unpaired) electrons. The smallest absolute Gasteiger partial charge is 0.243 e. The third-order valence-corrected chi connectivity index (χ3v) is 7.14. The maximum absolute atomic E-state index is 13.9. The van der Waals surface area contributed by atoms with Gasteiger partial charge < -0.3 is 15.0 Å². The first-order chi connectivity index (χ1) is 13.8. The van der Waals surface area contributed by atoms with Crippen LogP contribution in [0.2, 0.25) is 5.02 Å². The second-order valence-electron chi connectivity index (χ2n) is 6.54. The molecule has 0 aromatic heterocycles. The Morgan fingerprint density at radius 2 is 1.97 bits per heavy atom.